The molecule has 3 rings (SSSR count). The van der Waals surface area contributed by atoms with Crippen LogP contribution in [0.4, 0.5) is 0 Å². The highest BCUT2D eigenvalue weighted by Crippen LogP contribution is 2.24. The molecule has 2 aromatic rings. The molecule has 0 atom stereocenters. The van der Waals surface area contributed by atoms with E-state index in [1.165, 1.54) is 11.1 Å². The molecule has 6 nitrogen and oxygen atoms in total. The third-order valence-electron chi connectivity index (χ3n) is 5.73. The van der Waals surface area contributed by atoms with Gasteiger partial charge in [-0.1, -0.05) is 38.1 Å². The van der Waals surface area contributed by atoms with Crippen molar-refractivity contribution in [2.24, 2.45) is 5.92 Å². The van der Waals surface area contributed by atoms with E-state index in [1.54, 1.807) is 0 Å². The van der Waals surface area contributed by atoms with Crippen LogP contribution in [0.15, 0.2) is 34.9 Å². The summed E-state index contributed by atoms with van der Waals surface area (Å²) in [7, 11) is 0. The van der Waals surface area contributed by atoms with Gasteiger partial charge in [-0.2, -0.15) is 0 Å². The highest BCUT2D eigenvalue weighted by atomic mass is 16.4. The van der Waals surface area contributed by atoms with Crippen LogP contribution in [-0.4, -0.2) is 39.8 Å². The SMILES string of the molecule is CC(C)c1ccc(CN2CCC(CCCC(=O)c3ncc(C(=O)O)o3)CC2)cc1. The van der Waals surface area contributed by atoms with Gasteiger partial charge >= 0.3 is 5.97 Å². The van der Waals surface area contributed by atoms with Crippen molar-refractivity contribution < 1.29 is 19.1 Å². The number of aromatic carboxylic acids is 1. The summed E-state index contributed by atoms with van der Waals surface area (Å²) in [5.74, 6) is -0.616. The number of benzene rings is 1. The number of nitrogens with zero attached hydrogens (tertiary/aromatic N) is 2. The molecule has 1 N–H and O–H groups in total. The van der Waals surface area contributed by atoms with E-state index in [9.17, 15) is 9.59 Å². The molecule has 0 spiro atoms. The van der Waals surface area contributed by atoms with Gasteiger partial charge in [-0.15, -0.1) is 0 Å². The number of carboxylic acid groups (broad SMARTS) is 1. The molecule has 0 bridgehead atoms. The van der Waals surface area contributed by atoms with Crippen LogP contribution >= 0.6 is 0 Å². The second kappa shape index (κ2) is 9.83. The minimum atomic E-state index is -1.21. The lowest BCUT2D eigenvalue weighted by Crippen LogP contribution is -2.33. The van der Waals surface area contributed by atoms with Crippen molar-refractivity contribution in [2.45, 2.75) is 58.4 Å². The number of piperidine rings is 1. The fourth-order valence-electron chi connectivity index (χ4n) is 3.86. The molecular weight excluding hydrogens is 368 g/mol. The monoisotopic (exact) mass is 398 g/mol. The molecule has 1 fully saturated rings. The van der Waals surface area contributed by atoms with Crippen LogP contribution in [-0.2, 0) is 6.54 Å². The fraction of sp³-hybridized carbons (Fsp3) is 0.522. The van der Waals surface area contributed by atoms with Gasteiger partial charge in [-0.25, -0.2) is 9.78 Å². The van der Waals surface area contributed by atoms with Crippen LogP contribution in [0.1, 0.15) is 84.2 Å². The van der Waals surface area contributed by atoms with E-state index in [1.807, 2.05) is 0 Å². The fourth-order valence-corrected chi connectivity index (χ4v) is 3.86. The number of oxazole rings is 1. The van der Waals surface area contributed by atoms with Crippen molar-refractivity contribution in [1.29, 1.82) is 0 Å². The van der Waals surface area contributed by atoms with Gasteiger partial charge in [0.2, 0.25) is 11.5 Å². The maximum Gasteiger partial charge on any atom is 0.373 e. The van der Waals surface area contributed by atoms with E-state index in [-0.39, 0.29) is 17.4 Å². The van der Waals surface area contributed by atoms with Gasteiger partial charge in [0.05, 0.1) is 6.20 Å². The summed E-state index contributed by atoms with van der Waals surface area (Å²) in [6.45, 7) is 7.61. The van der Waals surface area contributed by atoms with Gasteiger partial charge in [0, 0.05) is 13.0 Å². The topological polar surface area (TPSA) is 83.6 Å². The number of carbonyl (C=O) groups excluding carboxylic acids is 1. The van der Waals surface area contributed by atoms with Crippen LogP contribution < -0.4 is 0 Å². The lowest BCUT2D eigenvalue weighted by Gasteiger charge is -2.32. The van der Waals surface area contributed by atoms with Crippen molar-refractivity contribution in [3.05, 3.63) is 53.2 Å². The van der Waals surface area contributed by atoms with E-state index >= 15 is 0 Å². The quantitative estimate of drug-likeness (QED) is 0.613. The van der Waals surface area contributed by atoms with Gasteiger partial charge in [0.1, 0.15) is 0 Å². The summed E-state index contributed by atoms with van der Waals surface area (Å²) >= 11 is 0. The minimum Gasteiger partial charge on any atom is -0.475 e. The van der Waals surface area contributed by atoms with Crippen molar-refractivity contribution in [1.82, 2.24) is 9.88 Å². The predicted molar refractivity (Wildman–Crippen MR) is 110 cm³/mol. The molecule has 1 aromatic heterocycles. The Balaban J connectivity index is 1.36. The Labute approximate surface area is 171 Å². The third kappa shape index (κ3) is 6.00. The van der Waals surface area contributed by atoms with Crippen LogP contribution in [0.3, 0.4) is 0 Å². The highest BCUT2D eigenvalue weighted by Gasteiger charge is 2.21. The molecule has 6 heteroatoms. The average molecular weight is 399 g/mol. The van der Waals surface area contributed by atoms with E-state index in [4.69, 9.17) is 9.52 Å². The molecule has 29 heavy (non-hydrogen) atoms. The first kappa shape index (κ1) is 21.2. The minimum absolute atomic E-state index is 0.0966. The number of carbonyl (C=O) groups is 2. The van der Waals surface area contributed by atoms with Crippen molar-refractivity contribution >= 4 is 11.8 Å². The summed E-state index contributed by atoms with van der Waals surface area (Å²) in [4.78, 5) is 29.1. The van der Waals surface area contributed by atoms with E-state index in [2.05, 4.69) is 48.0 Å². The van der Waals surface area contributed by atoms with E-state index in [0.717, 1.165) is 51.5 Å². The Morgan fingerprint density at radius 1 is 1.21 bits per heavy atom. The van der Waals surface area contributed by atoms with Crippen LogP contribution in [0.25, 0.3) is 0 Å². The van der Waals surface area contributed by atoms with Crippen LogP contribution in [0.2, 0.25) is 0 Å². The zero-order valence-corrected chi connectivity index (χ0v) is 17.3. The third-order valence-corrected chi connectivity index (χ3v) is 5.73. The maximum absolute atomic E-state index is 12.1. The summed E-state index contributed by atoms with van der Waals surface area (Å²) < 4.78 is 4.97. The Bertz CT molecular complexity index is 818. The largest absolute Gasteiger partial charge is 0.475 e. The zero-order chi connectivity index (χ0) is 20.8. The number of hydrogen-bond donors (Lipinski definition) is 1. The summed E-state index contributed by atoms with van der Waals surface area (Å²) in [6, 6.07) is 8.95. The summed E-state index contributed by atoms with van der Waals surface area (Å²) in [5, 5.41) is 8.83. The Morgan fingerprint density at radius 3 is 2.48 bits per heavy atom. The van der Waals surface area contributed by atoms with Crippen molar-refractivity contribution in [3.63, 3.8) is 0 Å². The first-order valence-electron chi connectivity index (χ1n) is 10.5. The predicted octanol–water partition coefficient (Wildman–Crippen LogP) is 4.76. The standard InChI is InChI=1S/C23H30N2O4/c1-16(2)19-8-6-18(7-9-19)15-25-12-10-17(11-13-25)4-3-5-20(26)22-24-14-21(29-22)23(27)28/h6-9,14,16-17H,3-5,10-13,15H2,1-2H3,(H,27,28). The molecule has 1 saturated heterocycles. The lowest BCUT2D eigenvalue weighted by molar-refractivity contribution is 0.0659. The smallest absolute Gasteiger partial charge is 0.373 e. The molecule has 0 aliphatic carbocycles. The molecule has 156 valence electrons. The van der Waals surface area contributed by atoms with Crippen LogP contribution in [0, 0.1) is 5.92 Å². The van der Waals surface area contributed by atoms with Crippen molar-refractivity contribution in [2.75, 3.05) is 13.1 Å². The molecule has 1 aromatic carbocycles. The number of carboxylic acids is 1. The van der Waals surface area contributed by atoms with Gasteiger partial charge in [-0.3, -0.25) is 9.69 Å². The second-order valence-corrected chi connectivity index (χ2v) is 8.27. The maximum atomic E-state index is 12.1. The van der Waals surface area contributed by atoms with Gasteiger partial charge in [0.25, 0.3) is 5.89 Å². The zero-order valence-electron chi connectivity index (χ0n) is 17.3. The number of likely N-dealkylation sites (tertiary alicyclic amines) is 1. The van der Waals surface area contributed by atoms with Crippen LogP contribution in [0.5, 0.6) is 0 Å². The number of aromatic nitrogens is 1. The summed E-state index contributed by atoms with van der Waals surface area (Å²) in [6.07, 6.45) is 5.53. The van der Waals surface area contributed by atoms with E-state index in [0.29, 0.717) is 18.3 Å². The normalized spacial score (nSPS) is 15.7. The molecule has 0 amide bonds. The molecule has 1 aliphatic rings. The molecular formula is C23H30N2O4. The molecule has 0 unspecified atom stereocenters. The number of hydrogen-bond acceptors (Lipinski definition) is 5. The van der Waals surface area contributed by atoms with E-state index < -0.39 is 5.97 Å². The highest BCUT2D eigenvalue weighted by molar-refractivity contribution is 5.93. The molecule has 0 radical (unpaired) electrons. The first-order chi connectivity index (χ1) is 13.9. The molecule has 2 heterocycles. The van der Waals surface area contributed by atoms with Gasteiger partial charge in [-0.05, 0) is 61.7 Å². The molecule has 0 saturated carbocycles. The Hall–Kier alpha value is -2.47. The first-order valence-corrected chi connectivity index (χ1v) is 10.5. The Morgan fingerprint density at radius 2 is 1.90 bits per heavy atom. The lowest BCUT2D eigenvalue weighted by atomic mass is 9.91. The Kier molecular flexibility index (Phi) is 7.20. The second-order valence-electron chi connectivity index (χ2n) is 8.27. The summed E-state index contributed by atoms with van der Waals surface area (Å²) in [5.41, 5.74) is 2.75. The number of Topliss-reactive ketones (excluding diaryl/α,β-unsaturated/α-hetero) is 1. The number of rotatable bonds is 9. The number of ketones is 1. The van der Waals surface area contributed by atoms with Crippen molar-refractivity contribution in [3.8, 4) is 0 Å². The average Bonchev–Trinajstić information content (AvgIpc) is 3.20. The van der Waals surface area contributed by atoms with Gasteiger partial charge < -0.3 is 9.52 Å². The molecule has 1 aliphatic heterocycles. The van der Waals surface area contributed by atoms with Gasteiger partial charge in [0.15, 0.2) is 0 Å².